The Balaban J connectivity index is 2.16. The van der Waals surface area contributed by atoms with Gasteiger partial charge in [0.15, 0.2) is 0 Å². The third-order valence-corrected chi connectivity index (χ3v) is 3.78. The molecule has 0 aliphatic carbocycles. The summed E-state index contributed by atoms with van der Waals surface area (Å²) in [6.45, 7) is 0.707. The monoisotopic (exact) mass is 276 g/mol. The summed E-state index contributed by atoms with van der Waals surface area (Å²) < 4.78 is 0. The van der Waals surface area contributed by atoms with Gasteiger partial charge < -0.3 is 5.73 Å². The Morgan fingerprint density at radius 1 is 1.64 bits per heavy atom. The second-order valence-corrected chi connectivity index (χ2v) is 4.79. The second kappa shape index (κ2) is 3.82. The number of hydrogen-bond acceptors (Lipinski definition) is 5. The number of nitrogens with two attached hydrogens (primary N) is 1. The van der Waals surface area contributed by atoms with E-state index in [9.17, 15) is 4.79 Å². The number of aromatic nitrogens is 2. The van der Waals surface area contributed by atoms with Crippen molar-refractivity contribution < 1.29 is 4.79 Å². The van der Waals surface area contributed by atoms with Gasteiger partial charge in [0.05, 0.1) is 0 Å². The molecule has 1 aromatic rings. The zero-order chi connectivity index (χ0) is 10.1. The van der Waals surface area contributed by atoms with Crippen molar-refractivity contribution in [2.45, 2.75) is 6.42 Å². The Morgan fingerprint density at radius 2 is 2.43 bits per heavy atom. The molecule has 1 amide bonds. The largest absolute Gasteiger partial charge is 0.374 e. The van der Waals surface area contributed by atoms with E-state index in [2.05, 4.69) is 26.1 Å². The predicted molar refractivity (Wildman–Crippen MR) is 58.6 cm³/mol. The molecule has 1 aliphatic heterocycles. The van der Waals surface area contributed by atoms with E-state index in [1.165, 1.54) is 11.3 Å². The van der Waals surface area contributed by atoms with Gasteiger partial charge in [-0.1, -0.05) is 27.3 Å². The van der Waals surface area contributed by atoms with Gasteiger partial charge >= 0.3 is 0 Å². The molecule has 2 rings (SSSR count). The molecule has 1 aromatic heterocycles. The lowest BCUT2D eigenvalue weighted by molar-refractivity contribution is -0.117. The minimum atomic E-state index is 0.102. The van der Waals surface area contributed by atoms with Crippen molar-refractivity contribution in [3.63, 3.8) is 0 Å². The van der Waals surface area contributed by atoms with Crippen LogP contribution in [0.5, 0.6) is 0 Å². The molecule has 2 heterocycles. The molecule has 2 N–H and O–H groups in total. The lowest BCUT2D eigenvalue weighted by Gasteiger charge is -2.10. The minimum Gasteiger partial charge on any atom is -0.374 e. The molecule has 14 heavy (non-hydrogen) atoms. The fourth-order valence-corrected chi connectivity index (χ4v) is 2.48. The van der Waals surface area contributed by atoms with Crippen molar-refractivity contribution in [3.8, 4) is 0 Å². The first-order valence-corrected chi connectivity index (χ1v) is 6.10. The van der Waals surface area contributed by atoms with Crippen LogP contribution >= 0.6 is 27.3 Å². The summed E-state index contributed by atoms with van der Waals surface area (Å²) in [6, 6.07) is 0. The quantitative estimate of drug-likeness (QED) is 0.814. The number of anilines is 2. The number of alkyl halides is 1. The normalized spacial score (nSPS) is 21.9. The van der Waals surface area contributed by atoms with E-state index < -0.39 is 0 Å². The Bertz CT molecular complexity index is 355. The fourth-order valence-electron chi connectivity index (χ4n) is 1.41. The third-order valence-electron chi connectivity index (χ3n) is 2.08. The third kappa shape index (κ3) is 1.74. The molecule has 7 heteroatoms. The Morgan fingerprint density at radius 3 is 2.93 bits per heavy atom. The molecule has 0 saturated carbocycles. The molecular formula is C7H9BrN4OS. The number of rotatable bonds is 2. The van der Waals surface area contributed by atoms with Crippen LogP contribution in [-0.4, -0.2) is 28.0 Å². The first-order chi connectivity index (χ1) is 6.70. The van der Waals surface area contributed by atoms with Crippen LogP contribution in [0.15, 0.2) is 0 Å². The van der Waals surface area contributed by atoms with Crippen LogP contribution in [0.3, 0.4) is 0 Å². The van der Waals surface area contributed by atoms with E-state index in [-0.39, 0.29) is 5.91 Å². The number of hydrogen-bond donors (Lipinski definition) is 1. The summed E-state index contributed by atoms with van der Waals surface area (Å²) >= 11 is 4.62. The van der Waals surface area contributed by atoms with Crippen molar-refractivity contribution >= 4 is 43.4 Å². The Kier molecular flexibility index (Phi) is 2.69. The lowest BCUT2D eigenvalue weighted by Crippen LogP contribution is -2.24. The van der Waals surface area contributed by atoms with Crippen LogP contribution < -0.4 is 10.6 Å². The molecule has 1 unspecified atom stereocenters. The van der Waals surface area contributed by atoms with Gasteiger partial charge in [0.2, 0.25) is 16.2 Å². The molecule has 1 saturated heterocycles. The van der Waals surface area contributed by atoms with Crippen LogP contribution in [0, 0.1) is 5.92 Å². The molecule has 1 aliphatic rings. The van der Waals surface area contributed by atoms with Crippen LogP contribution in [0.25, 0.3) is 0 Å². The molecule has 1 atom stereocenters. The SMILES string of the molecule is Nc1nnc(N2CC(CBr)CC2=O)s1. The highest BCUT2D eigenvalue weighted by atomic mass is 79.9. The Labute approximate surface area is 93.4 Å². The summed E-state index contributed by atoms with van der Waals surface area (Å²) in [6.07, 6.45) is 0.574. The number of halogens is 1. The van der Waals surface area contributed by atoms with Gasteiger partial charge in [0.25, 0.3) is 0 Å². The van der Waals surface area contributed by atoms with Crippen molar-refractivity contribution in [1.82, 2.24) is 10.2 Å². The maximum Gasteiger partial charge on any atom is 0.229 e. The summed E-state index contributed by atoms with van der Waals surface area (Å²) in [7, 11) is 0. The van der Waals surface area contributed by atoms with Crippen molar-refractivity contribution in [2.75, 3.05) is 22.5 Å². The van der Waals surface area contributed by atoms with E-state index in [0.29, 0.717) is 29.1 Å². The van der Waals surface area contributed by atoms with Crippen LogP contribution in [-0.2, 0) is 4.79 Å². The average molecular weight is 277 g/mol. The predicted octanol–water partition coefficient (Wildman–Crippen LogP) is 0.868. The van der Waals surface area contributed by atoms with Gasteiger partial charge in [-0.2, -0.15) is 0 Å². The first-order valence-electron chi connectivity index (χ1n) is 4.16. The van der Waals surface area contributed by atoms with Crippen LogP contribution in [0.1, 0.15) is 6.42 Å². The number of carbonyl (C=O) groups is 1. The highest BCUT2D eigenvalue weighted by Gasteiger charge is 2.31. The smallest absolute Gasteiger partial charge is 0.229 e. The lowest BCUT2D eigenvalue weighted by atomic mass is 10.2. The van der Waals surface area contributed by atoms with Gasteiger partial charge in [-0.05, 0) is 5.92 Å². The summed E-state index contributed by atoms with van der Waals surface area (Å²) in [5.74, 6) is 0.471. The van der Waals surface area contributed by atoms with E-state index in [1.54, 1.807) is 4.90 Å². The van der Waals surface area contributed by atoms with Crippen molar-refractivity contribution in [1.29, 1.82) is 0 Å². The van der Waals surface area contributed by atoms with E-state index in [4.69, 9.17) is 5.73 Å². The maximum absolute atomic E-state index is 11.6. The number of amides is 1. The number of carbonyl (C=O) groups excluding carboxylic acids is 1. The number of nitrogens with zero attached hydrogens (tertiary/aromatic N) is 3. The zero-order valence-electron chi connectivity index (χ0n) is 7.31. The van der Waals surface area contributed by atoms with Gasteiger partial charge in [-0.3, -0.25) is 9.69 Å². The van der Waals surface area contributed by atoms with Gasteiger partial charge in [0.1, 0.15) is 0 Å². The second-order valence-electron chi connectivity index (χ2n) is 3.15. The minimum absolute atomic E-state index is 0.102. The van der Waals surface area contributed by atoms with Gasteiger partial charge in [0, 0.05) is 18.3 Å². The van der Waals surface area contributed by atoms with E-state index in [0.717, 1.165) is 5.33 Å². The fraction of sp³-hybridized carbons (Fsp3) is 0.571. The van der Waals surface area contributed by atoms with Gasteiger partial charge in [-0.15, -0.1) is 10.2 Å². The van der Waals surface area contributed by atoms with Crippen LogP contribution in [0.4, 0.5) is 10.3 Å². The molecule has 1 fully saturated rings. The first kappa shape index (κ1) is 9.85. The van der Waals surface area contributed by atoms with Crippen molar-refractivity contribution in [2.24, 2.45) is 5.92 Å². The Hall–Kier alpha value is -0.690. The number of nitrogen functional groups attached to an aromatic ring is 1. The highest BCUT2D eigenvalue weighted by molar-refractivity contribution is 9.09. The molecule has 0 radical (unpaired) electrons. The molecule has 0 bridgehead atoms. The topological polar surface area (TPSA) is 72.1 Å². The highest BCUT2D eigenvalue weighted by Crippen LogP contribution is 2.29. The standard InChI is InChI=1S/C7H9BrN4OS/c8-2-4-1-5(13)12(3-4)7-11-10-6(9)14-7/h4H,1-3H2,(H2,9,10). The molecular weight excluding hydrogens is 268 g/mol. The maximum atomic E-state index is 11.6. The molecule has 76 valence electrons. The van der Waals surface area contributed by atoms with Crippen LogP contribution in [0.2, 0.25) is 0 Å². The molecule has 5 nitrogen and oxygen atoms in total. The average Bonchev–Trinajstić information content (AvgIpc) is 2.71. The summed E-state index contributed by atoms with van der Waals surface area (Å²) in [4.78, 5) is 13.2. The summed E-state index contributed by atoms with van der Waals surface area (Å²) in [5, 5.41) is 9.38. The van der Waals surface area contributed by atoms with E-state index >= 15 is 0 Å². The summed E-state index contributed by atoms with van der Waals surface area (Å²) in [5.41, 5.74) is 5.46. The van der Waals surface area contributed by atoms with Crippen molar-refractivity contribution in [3.05, 3.63) is 0 Å². The molecule has 0 spiro atoms. The molecule has 0 aromatic carbocycles. The zero-order valence-corrected chi connectivity index (χ0v) is 9.71. The van der Waals surface area contributed by atoms with Gasteiger partial charge in [-0.25, -0.2) is 0 Å². The van der Waals surface area contributed by atoms with E-state index in [1.807, 2.05) is 0 Å².